The summed E-state index contributed by atoms with van der Waals surface area (Å²) >= 11 is 3.91. The van der Waals surface area contributed by atoms with Crippen LogP contribution in [0.4, 0.5) is 17.1 Å². The number of anilines is 3. The third-order valence-electron chi connectivity index (χ3n) is 15.6. The number of aromatic nitrogens is 1. The van der Waals surface area contributed by atoms with Crippen molar-refractivity contribution in [2.24, 2.45) is 0 Å². The normalized spacial score (nSPS) is 15.7. The third-order valence-corrected chi connectivity index (χ3v) is 17.9. The SMILES string of the molecule is CC(C)(C)c1ccc(N2c3cc4c(cc3B3c5c2cc2c(c5-c5cccc6c7c8ccccc8sc7n3c56)-c3ccccc3C2(C)C)Sc2ccccc2C4(C)C)c(-c2ccccc2)c1. The van der Waals surface area contributed by atoms with E-state index < -0.39 is 0 Å². The lowest BCUT2D eigenvalue weighted by Crippen LogP contribution is -2.57. The van der Waals surface area contributed by atoms with Gasteiger partial charge in [0.05, 0.1) is 10.5 Å². The monoisotopic (exact) mass is 870 g/mol. The number of benzene rings is 8. The van der Waals surface area contributed by atoms with Gasteiger partial charge in [0, 0.05) is 69.5 Å². The van der Waals surface area contributed by atoms with Crippen LogP contribution in [0.15, 0.2) is 168 Å². The van der Waals surface area contributed by atoms with Crippen LogP contribution in [0.3, 0.4) is 0 Å². The minimum Gasteiger partial charge on any atom is -0.367 e. The number of thiophene rings is 1. The summed E-state index contributed by atoms with van der Waals surface area (Å²) < 4.78 is 4.12. The smallest absolute Gasteiger partial charge is 0.333 e. The highest BCUT2D eigenvalue weighted by Crippen LogP contribution is 2.59. The second kappa shape index (κ2) is 12.7. The Morgan fingerprint density at radius 1 is 0.523 bits per heavy atom. The molecule has 312 valence electrons. The van der Waals surface area contributed by atoms with Crippen molar-refractivity contribution in [2.45, 2.75) is 74.5 Å². The van der Waals surface area contributed by atoms with Crippen molar-refractivity contribution < 1.29 is 0 Å². The summed E-state index contributed by atoms with van der Waals surface area (Å²) in [7, 11) is 0. The highest BCUT2D eigenvalue weighted by Gasteiger charge is 2.49. The molecule has 0 radical (unpaired) electrons. The van der Waals surface area contributed by atoms with Crippen molar-refractivity contribution in [3.05, 3.63) is 186 Å². The van der Waals surface area contributed by atoms with Gasteiger partial charge in [-0.2, -0.15) is 0 Å². The fraction of sp³-hybridized carbons (Fsp3) is 0.167. The van der Waals surface area contributed by atoms with Crippen LogP contribution in [-0.2, 0) is 16.2 Å². The molecule has 5 heterocycles. The van der Waals surface area contributed by atoms with Crippen LogP contribution >= 0.6 is 23.1 Å². The highest BCUT2D eigenvalue weighted by atomic mass is 32.2. The van der Waals surface area contributed by atoms with Crippen molar-refractivity contribution in [2.75, 3.05) is 4.90 Å². The van der Waals surface area contributed by atoms with Gasteiger partial charge < -0.3 is 9.38 Å². The van der Waals surface area contributed by atoms with Gasteiger partial charge in [-0.05, 0) is 109 Å². The fourth-order valence-corrected chi connectivity index (χ4v) is 15.0. The second-order valence-corrected chi connectivity index (χ2v) is 23.0. The van der Waals surface area contributed by atoms with E-state index in [1.54, 1.807) is 0 Å². The van der Waals surface area contributed by atoms with Gasteiger partial charge in [0.15, 0.2) is 0 Å². The molecule has 0 bridgehead atoms. The first-order chi connectivity index (χ1) is 31.4. The molecule has 4 aliphatic rings. The largest absolute Gasteiger partial charge is 0.367 e. The molecule has 65 heavy (non-hydrogen) atoms. The standard InChI is InChI=1S/C60H47BN2S2/c1-58(2,3)35-28-29-46(40(30-35)34-18-9-8-10-19-34)62-47-31-43-51(64-50-27-16-14-25-42(50)60(43,6)7)33-45(47)61-55-48(62)32-44-53(36-20-11-13-24-41(36)59(44,4)5)54(55)39-23-17-22-38-52-37-21-12-15-26-49(37)65-57(52)63(61)56(38)39/h8-33H,1-7H3. The molecule has 0 fully saturated rings. The van der Waals surface area contributed by atoms with E-state index in [1.807, 2.05) is 23.1 Å². The van der Waals surface area contributed by atoms with E-state index in [0.717, 1.165) is 0 Å². The summed E-state index contributed by atoms with van der Waals surface area (Å²) in [5, 5.41) is 4.07. The van der Waals surface area contributed by atoms with E-state index in [-0.39, 0.29) is 23.1 Å². The summed E-state index contributed by atoms with van der Waals surface area (Å²) in [6, 6.07) is 60.8. The van der Waals surface area contributed by atoms with Gasteiger partial charge >= 0.3 is 6.85 Å². The Balaban J connectivity index is 1.19. The molecule has 5 heteroatoms. The lowest BCUT2D eigenvalue weighted by atomic mass is 9.44. The average Bonchev–Trinajstić information content (AvgIpc) is 3.92. The molecule has 0 atom stereocenters. The Kier molecular flexibility index (Phi) is 7.46. The van der Waals surface area contributed by atoms with Gasteiger partial charge in [0.25, 0.3) is 0 Å². The quantitative estimate of drug-likeness (QED) is 0.160. The lowest BCUT2D eigenvalue weighted by molar-refractivity contribution is 0.590. The predicted octanol–water partition coefficient (Wildman–Crippen LogP) is 15.5. The Hall–Kier alpha value is -6.27. The molecule has 0 amide bonds. The Labute approximate surface area is 389 Å². The van der Waals surface area contributed by atoms with Crippen LogP contribution in [-0.4, -0.2) is 11.3 Å². The summed E-state index contributed by atoms with van der Waals surface area (Å²) in [5.74, 6) is 0. The predicted molar refractivity (Wildman–Crippen MR) is 280 cm³/mol. The van der Waals surface area contributed by atoms with Gasteiger partial charge in [0.1, 0.15) is 0 Å². The molecule has 3 aliphatic heterocycles. The van der Waals surface area contributed by atoms with Gasteiger partial charge in [-0.15, -0.1) is 11.3 Å². The van der Waals surface area contributed by atoms with Crippen LogP contribution < -0.4 is 15.8 Å². The van der Waals surface area contributed by atoms with Gasteiger partial charge in [0.2, 0.25) is 0 Å². The van der Waals surface area contributed by atoms with Crippen LogP contribution in [0, 0.1) is 0 Å². The van der Waals surface area contributed by atoms with Crippen molar-refractivity contribution >= 4 is 89.1 Å². The van der Waals surface area contributed by atoms with E-state index in [0.29, 0.717) is 0 Å². The number of hydrogen-bond donors (Lipinski definition) is 0. The minimum atomic E-state index is -0.209. The molecule has 0 N–H and O–H groups in total. The summed E-state index contributed by atoms with van der Waals surface area (Å²) in [4.78, 5) is 6.76. The van der Waals surface area contributed by atoms with Crippen LogP contribution in [0.25, 0.3) is 64.6 Å². The zero-order valence-electron chi connectivity index (χ0n) is 37.8. The van der Waals surface area contributed by atoms with E-state index >= 15 is 0 Å². The van der Waals surface area contributed by atoms with Crippen molar-refractivity contribution in [1.82, 2.24) is 4.48 Å². The Morgan fingerprint density at radius 2 is 1.22 bits per heavy atom. The van der Waals surface area contributed by atoms with Crippen LogP contribution in [0.2, 0.25) is 0 Å². The minimum absolute atomic E-state index is 0.0255. The van der Waals surface area contributed by atoms with Crippen LogP contribution in [0.5, 0.6) is 0 Å². The first kappa shape index (κ1) is 38.0. The first-order valence-electron chi connectivity index (χ1n) is 23.1. The summed E-state index contributed by atoms with van der Waals surface area (Å²) in [5.41, 5.74) is 22.3. The zero-order chi connectivity index (χ0) is 43.9. The van der Waals surface area contributed by atoms with E-state index in [2.05, 4.69) is 216 Å². The maximum Gasteiger partial charge on any atom is 0.333 e. The molecule has 10 aromatic rings. The first-order valence-corrected chi connectivity index (χ1v) is 24.8. The molecule has 14 rings (SSSR count). The van der Waals surface area contributed by atoms with E-state index in [4.69, 9.17) is 0 Å². The molecular weight excluding hydrogens is 824 g/mol. The maximum absolute atomic E-state index is 2.78. The van der Waals surface area contributed by atoms with E-state index in [1.165, 1.54) is 130 Å². The molecule has 0 unspecified atom stereocenters. The molecule has 8 aromatic carbocycles. The van der Waals surface area contributed by atoms with Crippen LogP contribution in [0.1, 0.15) is 76.3 Å². The molecule has 2 aromatic heterocycles. The number of rotatable bonds is 2. The lowest BCUT2D eigenvalue weighted by Gasteiger charge is -2.44. The second-order valence-electron chi connectivity index (χ2n) is 20.8. The highest BCUT2D eigenvalue weighted by molar-refractivity contribution is 7.99. The van der Waals surface area contributed by atoms with Crippen molar-refractivity contribution in [1.29, 1.82) is 0 Å². The summed E-state index contributed by atoms with van der Waals surface area (Å²) in [6.07, 6.45) is 0. The van der Waals surface area contributed by atoms with Crippen molar-refractivity contribution in [3.63, 3.8) is 0 Å². The zero-order valence-corrected chi connectivity index (χ0v) is 39.4. The molecule has 2 nitrogen and oxygen atoms in total. The maximum atomic E-state index is 2.78. The third kappa shape index (κ3) is 4.88. The molecule has 1 aliphatic carbocycles. The topological polar surface area (TPSA) is 8.17 Å². The Morgan fingerprint density at radius 3 is 2.05 bits per heavy atom. The van der Waals surface area contributed by atoms with Crippen molar-refractivity contribution in [3.8, 4) is 33.4 Å². The van der Waals surface area contributed by atoms with Gasteiger partial charge in [-0.25, -0.2) is 0 Å². The average molecular weight is 871 g/mol. The van der Waals surface area contributed by atoms with Gasteiger partial charge in [-0.1, -0.05) is 175 Å². The molecule has 0 saturated carbocycles. The summed E-state index contributed by atoms with van der Waals surface area (Å²) in [6.45, 7) is 16.7. The fourth-order valence-electron chi connectivity index (χ4n) is 12.4. The number of hydrogen-bond acceptors (Lipinski definition) is 3. The number of nitrogens with zero attached hydrogens (tertiary/aromatic N) is 2. The Bertz CT molecular complexity index is 3750. The van der Waals surface area contributed by atoms with Gasteiger partial charge in [-0.3, -0.25) is 0 Å². The molecule has 0 spiro atoms. The molecular formula is C60H47BN2S2. The number of para-hydroxylation sites is 1. The van der Waals surface area contributed by atoms with E-state index in [9.17, 15) is 0 Å². The molecule has 0 saturated heterocycles. The number of fused-ring (bicyclic) bond motifs is 15.